The summed E-state index contributed by atoms with van der Waals surface area (Å²) in [5.41, 5.74) is 9.86. The molecule has 4 fully saturated rings. The second-order valence-electron chi connectivity index (χ2n) is 17.0. The third kappa shape index (κ3) is 8.43. The number of likely N-dealkylation sites (tertiary alicyclic amines) is 2. The van der Waals surface area contributed by atoms with Crippen molar-refractivity contribution in [2.24, 2.45) is 0 Å². The molecule has 0 spiro atoms. The second-order valence-corrected chi connectivity index (χ2v) is 17.7. The van der Waals surface area contributed by atoms with Gasteiger partial charge in [-0.15, -0.1) is 9.24 Å². The molecule has 4 saturated heterocycles. The minimum atomic E-state index is -0.967. The molecule has 0 saturated carbocycles. The topological polar surface area (TPSA) is 190 Å². The van der Waals surface area contributed by atoms with Crippen molar-refractivity contribution in [3.63, 3.8) is 0 Å². The summed E-state index contributed by atoms with van der Waals surface area (Å²) in [6, 6.07) is 15.4. The van der Waals surface area contributed by atoms with Crippen molar-refractivity contribution in [3.05, 3.63) is 94.3 Å². The number of nitrogen functional groups attached to an aromatic ring is 1. The SMILES string of the molecule is N=C(/C1=C/C/C(P)=C(/Oc2ccccc2)CCC1)c1c(N)ncnc1NC1CCN(C2CCN(C3CN(c4ccc5c(c4)C(=O)N(C4CCC(=O)NC4=O)C5=O)C3)CC2)CC1. The molecule has 318 valence electrons. The standard InChI is InChI=1S/C45H53N10O5P/c46-40(27-5-4-8-36(37(61)13-9-27)60-32-6-2-1-3-7-32)39-41(47)48-26-49-42(39)50-28-15-19-52(20-16-28)29-17-21-53(22-18-29)31-24-54(25-31)30-10-11-33-34(23-30)45(59)55(44(33)58)35-12-14-38(56)51-43(35)57/h1-3,6-7,9-11,23,26,28-29,31,35,46H,4-5,8,12-22,24-25,61H2,(H,51,56,57)(H3,47,48,49,50)/b27-9+,37-36-,46-40?. The largest absolute Gasteiger partial charge is 0.461 e. The van der Waals surface area contributed by atoms with E-state index in [0.29, 0.717) is 52.5 Å². The molecule has 15 nitrogen and oxygen atoms in total. The van der Waals surface area contributed by atoms with E-state index < -0.39 is 23.8 Å². The van der Waals surface area contributed by atoms with Gasteiger partial charge in [-0.25, -0.2) is 9.97 Å². The third-order valence-electron chi connectivity index (χ3n) is 13.3. The Labute approximate surface area is 357 Å². The Hall–Kier alpha value is -5.50. The molecule has 6 heterocycles. The molecule has 2 atom stereocenters. The average Bonchev–Trinajstić information content (AvgIpc) is 3.49. The van der Waals surface area contributed by atoms with Crippen molar-refractivity contribution < 1.29 is 23.9 Å². The number of anilines is 3. The first-order valence-corrected chi connectivity index (χ1v) is 22.1. The number of carbonyl (C=O) groups is 4. The van der Waals surface area contributed by atoms with Crippen LogP contribution in [-0.4, -0.2) is 117 Å². The van der Waals surface area contributed by atoms with Gasteiger partial charge in [0.15, 0.2) is 0 Å². The highest BCUT2D eigenvalue weighted by Gasteiger charge is 2.45. The summed E-state index contributed by atoms with van der Waals surface area (Å²) in [5, 5.41) is 16.3. The van der Waals surface area contributed by atoms with Crippen LogP contribution in [0.2, 0.25) is 0 Å². The van der Waals surface area contributed by atoms with Gasteiger partial charge in [0, 0.05) is 75.9 Å². The van der Waals surface area contributed by atoms with Gasteiger partial charge in [0.05, 0.1) is 22.4 Å². The van der Waals surface area contributed by atoms with Crippen LogP contribution < -0.4 is 26.0 Å². The van der Waals surface area contributed by atoms with Crippen LogP contribution in [0.15, 0.2) is 77.6 Å². The zero-order chi connectivity index (χ0) is 42.2. The Morgan fingerprint density at radius 3 is 2.33 bits per heavy atom. The number of para-hydroxylation sites is 1. The summed E-state index contributed by atoms with van der Waals surface area (Å²) >= 11 is 0. The first-order valence-electron chi connectivity index (χ1n) is 21.6. The van der Waals surface area contributed by atoms with Crippen LogP contribution in [0.1, 0.15) is 90.5 Å². The van der Waals surface area contributed by atoms with Crippen molar-refractivity contribution in [1.29, 1.82) is 5.41 Å². The zero-order valence-corrected chi connectivity index (χ0v) is 35.4. The van der Waals surface area contributed by atoms with E-state index in [4.69, 9.17) is 10.5 Å². The van der Waals surface area contributed by atoms with Gasteiger partial charge in [-0.05, 0) is 92.6 Å². The van der Waals surface area contributed by atoms with Crippen molar-refractivity contribution in [2.75, 3.05) is 55.2 Å². The molecule has 4 amide bonds. The van der Waals surface area contributed by atoms with Gasteiger partial charge >= 0.3 is 0 Å². The fourth-order valence-electron chi connectivity index (χ4n) is 9.71. The summed E-state index contributed by atoms with van der Waals surface area (Å²) < 4.78 is 6.21. The lowest BCUT2D eigenvalue weighted by atomic mass is 9.94. The van der Waals surface area contributed by atoms with Crippen LogP contribution in [0, 0.1) is 5.41 Å². The number of nitrogens with one attached hydrogen (secondary N) is 3. The number of rotatable bonds is 10. The number of fused-ring (bicyclic) bond motifs is 1. The van der Waals surface area contributed by atoms with Crippen molar-refractivity contribution in [3.8, 4) is 5.75 Å². The lowest BCUT2D eigenvalue weighted by molar-refractivity contribution is -0.136. The minimum Gasteiger partial charge on any atom is -0.461 e. The molecule has 16 heteroatoms. The molecule has 0 radical (unpaired) electrons. The Morgan fingerprint density at radius 1 is 0.852 bits per heavy atom. The maximum atomic E-state index is 13.3. The highest BCUT2D eigenvalue weighted by molar-refractivity contribution is 7.22. The maximum absolute atomic E-state index is 13.3. The summed E-state index contributed by atoms with van der Waals surface area (Å²) in [7, 11) is 2.83. The third-order valence-corrected chi connectivity index (χ3v) is 13.8. The van der Waals surface area contributed by atoms with Gasteiger partial charge in [0.25, 0.3) is 11.8 Å². The molecule has 5 N–H and O–H groups in total. The Morgan fingerprint density at radius 2 is 1.57 bits per heavy atom. The van der Waals surface area contributed by atoms with E-state index in [9.17, 15) is 24.6 Å². The van der Waals surface area contributed by atoms with Gasteiger partial charge in [-0.1, -0.05) is 24.3 Å². The smallest absolute Gasteiger partial charge is 0.262 e. The molecule has 9 rings (SSSR count). The van der Waals surface area contributed by atoms with Gasteiger partial charge in [0.2, 0.25) is 11.8 Å². The summed E-state index contributed by atoms with van der Waals surface area (Å²) in [6.45, 7) is 5.77. The van der Waals surface area contributed by atoms with Crippen LogP contribution in [0.3, 0.4) is 0 Å². The molecule has 1 aromatic heterocycles. The van der Waals surface area contributed by atoms with Gasteiger partial charge in [0.1, 0.15) is 35.5 Å². The number of benzene rings is 2. The molecule has 3 aromatic rings. The first-order chi connectivity index (χ1) is 29.6. The highest BCUT2D eigenvalue weighted by Crippen LogP contribution is 2.35. The predicted molar refractivity (Wildman–Crippen MR) is 236 cm³/mol. The predicted octanol–water partition coefficient (Wildman–Crippen LogP) is 4.72. The fraction of sp³-hybridized carbons (Fsp3) is 0.444. The molecule has 2 unspecified atom stereocenters. The Bertz CT molecular complexity index is 2300. The van der Waals surface area contributed by atoms with Crippen LogP contribution in [0.25, 0.3) is 0 Å². The monoisotopic (exact) mass is 844 g/mol. The van der Waals surface area contributed by atoms with Crippen molar-refractivity contribution in [2.45, 2.75) is 88.4 Å². The van der Waals surface area contributed by atoms with Crippen LogP contribution in [0.4, 0.5) is 17.3 Å². The van der Waals surface area contributed by atoms with Crippen LogP contribution in [0.5, 0.6) is 5.75 Å². The van der Waals surface area contributed by atoms with E-state index in [2.05, 4.69) is 50.6 Å². The van der Waals surface area contributed by atoms with E-state index in [-0.39, 0.29) is 24.8 Å². The fourth-order valence-corrected chi connectivity index (χ4v) is 10.0. The molecule has 1 aliphatic carbocycles. The quantitative estimate of drug-likeness (QED) is 0.125. The van der Waals surface area contributed by atoms with Gasteiger partial charge in [-0.3, -0.25) is 39.7 Å². The number of aromatic nitrogens is 2. The summed E-state index contributed by atoms with van der Waals surface area (Å²) in [4.78, 5) is 68.0. The maximum Gasteiger partial charge on any atom is 0.262 e. The van der Waals surface area contributed by atoms with E-state index in [1.54, 1.807) is 12.1 Å². The number of piperidine rings is 3. The van der Waals surface area contributed by atoms with Crippen molar-refractivity contribution in [1.82, 2.24) is 30.0 Å². The number of ether oxygens (including phenoxy) is 1. The molecule has 2 aromatic carbocycles. The zero-order valence-electron chi connectivity index (χ0n) is 34.3. The number of nitrogens with two attached hydrogens (primary N) is 1. The second kappa shape index (κ2) is 17.5. The summed E-state index contributed by atoms with van der Waals surface area (Å²) in [6.07, 6.45) is 11.0. The van der Waals surface area contributed by atoms with E-state index in [0.717, 1.165) is 117 Å². The molecular weight excluding hydrogens is 792 g/mol. The number of imide groups is 2. The summed E-state index contributed by atoms with van der Waals surface area (Å²) in [5.74, 6) is 0.787. The number of hydrogen-bond donors (Lipinski definition) is 4. The Kier molecular flexibility index (Phi) is 11.7. The molecular formula is C45H53N10O5P. The molecule has 6 aliphatic rings. The minimum absolute atomic E-state index is 0.0964. The normalized spacial score (nSPS) is 24.7. The number of allylic oxidation sites excluding steroid dienone is 4. The number of carbonyl (C=O) groups excluding carboxylic acids is 4. The number of amides is 4. The van der Waals surface area contributed by atoms with Crippen LogP contribution >= 0.6 is 9.24 Å². The average molecular weight is 845 g/mol. The van der Waals surface area contributed by atoms with E-state index in [1.807, 2.05) is 36.4 Å². The van der Waals surface area contributed by atoms with Crippen LogP contribution in [-0.2, 0) is 9.59 Å². The number of nitrogens with zero attached hydrogens (tertiary/aromatic N) is 6. The molecule has 5 aliphatic heterocycles. The molecule has 0 bridgehead atoms. The Balaban J connectivity index is 0.742. The molecule has 61 heavy (non-hydrogen) atoms. The number of hydrogen-bond acceptors (Lipinski definition) is 13. The lowest BCUT2D eigenvalue weighted by Gasteiger charge is -2.50. The van der Waals surface area contributed by atoms with Crippen molar-refractivity contribution >= 4 is 55.9 Å². The van der Waals surface area contributed by atoms with Gasteiger partial charge in [-0.2, -0.15) is 0 Å². The lowest BCUT2D eigenvalue weighted by Crippen LogP contribution is -2.62. The highest BCUT2D eigenvalue weighted by atomic mass is 31.0. The van der Waals surface area contributed by atoms with E-state index in [1.165, 1.54) is 6.33 Å². The van der Waals surface area contributed by atoms with E-state index >= 15 is 0 Å². The first kappa shape index (κ1) is 40.9. The van der Waals surface area contributed by atoms with Gasteiger partial charge < -0.3 is 25.6 Å².